The van der Waals surface area contributed by atoms with Gasteiger partial charge in [0, 0.05) is 35.3 Å². The van der Waals surface area contributed by atoms with E-state index in [1.54, 1.807) is 0 Å². The number of allylic oxidation sites excluding steroid dienone is 5. The second-order valence-corrected chi connectivity index (χ2v) is 10.8. The van der Waals surface area contributed by atoms with E-state index in [4.69, 9.17) is 9.47 Å². The molecule has 1 heterocycles. The molecule has 0 bridgehead atoms. The Morgan fingerprint density at radius 1 is 0.974 bits per heavy atom. The predicted octanol–water partition coefficient (Wildman–Crippen LogP) is 6.90. The van der Waals surface area contributed by atoms with Gasteiger partial charge in [0.15, 0.2) is 0 Å². The summed E-state index contributed by atoms with van der Waals surface area (Å²) in [6, 6.07) is 13.6. The fraction of sp³-hybridized carbons (Fsp3) is 0.406. The summed E-state index contributed by atoms with van der Waals surface area (Å²) in [5.41, 5.74) is 4.57. The molecule has 1 aliphatic heterocycles. The molecule has 1 unspecified atom stereocenters. The van der Waals surface area contributed by atoms with Gasteiger partial charge in [-0.3, -0.25) is 4.79 Å². The third-order valence-electron chi connectivity index (χ3n) is 7.20. The highest BCUT2D eigenvalue weighted by atomic mass is 16.5. The molecule has 0 saturated heterocycles. The van der Waals surface area contributed by atoms with Gasteiger partial charge in [0.1, 0.15) is 23.0 Å². The number of aliphatic hydroxyl groups is 1. The van der Waals surface area contributed by atoms with E-state index in [1.807, 2.05) is 56.3 Å². The van der Waals surface area contributed by atoms with E-state index < -0.39 is 0 Å². The van der Waals surface area contributed by atoms with Crippen molar-refractivity contribution in [2.45, 2.75) is 67.9 Å². The van der Waals surface area contributed by atoms with Crippen LogP contribution in [0.4, 0.5) is 5.69 Å². The van der Waals surface area contributed by atoms with Gasteiger partial charge in [-0.1, -0.05) is 39.8 Å². The zero-order chi connectivity index (χ0) is 27.1. The number of Topliss-reactive ketones (excluding diaryl/α,β-unsaturated/α-hetero) is 1. The lowest BCUT2D eigenvalue weighted by atomic mass is 9.75. The molecule has 0 radical (unpaired) electrons. The summed E-state index contributed by atoms with van der Waals surface area (Å²) in [4.78, 5) is 15.9. The van der Waals surface area contributed by atoms with Crippen molar-refractivity contribution in [3.8, 4) is 11.5 Å². The highest BCUT2D eigenvalue weighted by Crippen LogP contribution is 2.50. The van der Waals surface area contributed by atoms with E-state index >= 15 is 0 Å². The van der Waals surface area contributed by atoms with Gasteiger partial charge in [0.05, 0.1) is 17.3 Å². The number of ether oxygens (including phenoxy) is 2. The van der Waals surface area contributed by atoms with E-state index in [2.05, 4.69) is 46.4 Å². The van der Waals surface area contributed by atoms with E-state index in [-0.39, 0.29) is 28.5 Å². The average Bonchev–Trinajstić information content (AvgIpc) is 2.86. The van der Waals surface area contributed by atoms with Crippen LogP contribution >= 0.6 is 0 Å². The molecule has 0 fully saturated rings. The SMILES string of the molecule is CCC(C)Oc1ccc2c(c1)C(=C1C(=O)C(c3ccc(N(CC)CC)cc3)=C1O)C(C)=C(C(C)(C)C)O2.O. The topological polar surface area (TPSA) is 90.5 Å². The third-order valence-corrected chi connectivity index (χ3v) is 7.20. The zero-order valence-corrected chi connectivity index (χ0v) is 23.9. The lowest BCUT2D eigenvalue weighted by Gasteiger charge is -2.34. The molecule has 2 aromatic carbocycles. The Hall–Kier alpha value is -3.51. The first-order valence-corrected chi connectivity index (χ1v) is 13.3. The minimum atomic E-state index is -0.283. The molecule has 204 valence electrons. The van der Waals surface area contributed by atoms with Crippen LogP contribution in [-0.4, -0.2) is 35.6 Å². The standard InChI is InChI=1S/C32H39NO4.H2O/c1-9-19(4)36-23-16-17-25-24(18-23)26(20(5)31(37-25)32(6,7)8)28-29(34)27(30(28)35)21-12-14-22(15-13-21)33(10-2)11-3;/h12-19,34H,9-11H2,1-8H3;1H2. The number of nitrogens with zero attached hydrogens (tertiary/aromatic N) is 1. The first-order chi connectivity index (χ1) is 17.5. The Labute approximate surface area is 226 Å². The van der Waals surface area contributed by atoms with Gasteiger partial charge in [-0.15, -0.1) is 0 Å². The Bertz CT molecular complexity index is 1300. The van der Waals surface area contributed by atoms with Crippen molar-refractivity contribution in [1.29, 1.82) is 0 Å². The Morgan fingerprint density at radius 3 is 2.13 bits per heavy atom. The number of benzene rings is 2. The highest BCUT2D eigenvalue weighted by molar-refractivity contribution is 6.41. The van der Waals surface area contributed by atoms with Gasteiger partial charge in [0.25, 0.3) is 0 Å². The van der Waals surface area contributed by atoms with Crippen LogP contribution in [-0.2, 0) is 4.79 Å². The fourth-order valence-electron chi connectivity index (χ4n) is 5.05. The number of carbonyl (C=O) groups excluding carboxylic acids is 1. The molecule has 4 rings (SSSR count). The van der Waals surface area contributed by atoms with Gasteiger partial charge in [0.2, 0.25) is 5.78 Å². The molecule has 2 aliphatic rings. The first-order valence-electron chi connectivity index (χ1n) is 13.3. The Kier molecular flexibility index (Phi) is 8.47. The number of carbonyl (C=O) groups is 1. The normalized spacial score (nSPS) is 17.8. The van der Waals surface area contributed by atoms with Gasteiger partial charge in [-0.2, -0.15) is 0 Å². The van der Waals surface area contributed by atoms with Crippen LogP contribution in [0.1, 0.15) is 72.9 Å². The maximum atomic E-state index is 13.6. The summed E-state index contributed by atoms with van der Waals surface area (Å²) in [5, 5.41) is 11.3. The lowest BCUT2D eigenvalue weighted by Crippen LogP contribution is -2.27. The average molecular weight is 520 g/mol. The number of aliphatic hydroxyl groups excluding tert-OH is 1. The monoisotopic (exact) mass is 519 g/mol. The van der Waals surface area contributed by atoms with E-state index in [1.165, 1.54) is 0 Å². The van der Waals surface area contributed by atoms with E-state index in [9.17, 15) is 9.90 Å². The Morgan fingerprint density at radius 2 is 1.61 bits per heavy atom. The molecule has 2 aromatic rings. The summed E-state index contributed by atoms with van der Waals surface area (Å²) in [6.07, 6.45) is 0.942. The maximum Gasteiger partial charge on any atom is 0.201 e. The summed E-state index contributed by atoms with van der Waals surface area (Å²) in [5.74, 6) is 2.04. The molecule has 6 nitrogen and oxygen atoms in total. The predicted molar refractivity (Wildman–Crippen MR) is 155 cm³/mol. The largest absolute Gasteiger partial charge is 0.506 e. The van der Waals surface area contributed by atoms with Gasteiger partial charge in [-0.25, -0.2) is 0 Å². The van der Waals surface area contributed by atoms with Crippen LogP contribution in [0.25, 0.3) is 11.1 Å². The van der Waals surface area contributed by atoms with Crippen LogP contribution in [0.5, 0.6) is 11.5 Å². The quantitative estimate of drug-likeness (QED) is 0.402. The maximum absolute atomic E-state index is 13.6. The second kappa shape index (κ2) is 11.1. The van der Waals surface area contributed by atoms with Crippen LogP contribution in [0, 0.1) is 5.41 Å². The molecule has 1 aliphatic carbocycles. The van der Waals surface area contributed by atoms with Gasteiger partial charge >= 0.3 is 0 Å². The van der Waals surface area contributed by atoms with Crippen molar-refractivity contribution in [2.24, 2.45) is 5.41 Å². The minimum Gasteiger partial charge on any atom is -0.506 e. The number of hydrogen-bond acceptors (Lipinski definition) is 5. The molecule has 0 aromatic heterocycles. The van der Waals surface area contributed by atoms with Crippen molar-refractivity contribution in [2.75, 3.05) is 18.0 Å². The van der Waals surface area contributed by atoms with Crippen LogP contribution < -0.4 is 14.4 Å². The van der Waals surface area contributed by atoms with E-state index in [0.717, 1.165) is 47.7 Å². The van der Waals surface area contributed by atoms with Gasteiger partial charge < -0.3 is 25.0 Å². The van der Waals surface area contributed by atoms with Crippen molar-refractivity contribution in [3.05, 3.63) is 76.3 Å². The highest BCUT2D eigenvalue weighted by Gasteiger charge is 2.41. The molecule has 0 spiro atoms. The van der Waals surface area contributed by atoms with Crippen molar-refractivity contribution < 1.29 is 24.9 Å². The molecule has 6 heteroatoms. The molecular formula is C32H41NO5. The Balaban J connectivity index is 0.00000400. The minimum absolute atomic E-state index is 0. The number of fused-ring (bicyclic) bond motifs is 1. The zero-order valence-electron chi connectivity index (χ0n) is 23.9. The van der Waals surface area contributed by atoms with Crippen LogP contribution in [0.15, 0.2) is 65.1 Å². The van der Waals surface area contributed by atoms with Crippen molar-refractivity contribution in [1.82, 2.24) is 0 Å². The van der Waals surface area contributed by atoms with Crippen LogP contribution in [0.3, 0.4) is 0 Å². The molecule has 0 amide bonds. The van der Waals surface area contributed by atoms with Crippen molar-refractivity contribution >= 4 is 22.6 Å². The fourth-order valence-corrected chi connectivity index (χ4v) is 5.05. The first kappa shape index (κ1) is 29.1. The lowest BCUT2D eigenvalue weighted by molar-refractivity contribution is -0.111. The second-order valence-electron chi connectivity index (χ2n) is 10.8. The smallest absolute Gasteiger partial charge is 0.201 e. The number of hydrogen-bond donors (Lipinski definition) is 1. The third kappa shape index (κ3) is 5.10. The van der Waals surface area contributed by atoms with Crippen molar-refractivity contribution in [3.63, 3.8) is 0 Å². The summed E-state index contributed by atoms with van der Waals surface area (Å²) >= 11 is 0. The molecule has 0 saturated carbocycles. The van der Waals surface area contributed by atoms with Crippen LogP contribution in [0.2, 0.25) is 0 Å². The summed E-state index contributed by atoms with van der Waals surface area (Å²) in [6.45, 7) is 18.4. The molecule has 38 heavy (non-hydrogen) atoms. The number of anilines is 1. The molecule has 3 N–H and O–H groups in total. The number of ketones is 1. The number of rotatable bonds is 7. The summed E-state index contributed by atoms with van der Waals surface area (Å²) < 4.78 is 12.4. The molecular weight excluding hydrogens is 478 g/mol. The molecule has 1 atom stereocenters. The summed E-state index contributed by atoms with van der Waals surface area (Å²) in [7, 11) is 0. The van der Waals surface area contributed by atoms with Gasteiger partial charge in [-0.05, 0) is 75.6 Å². The van der Waals surface area contributed by atoms with E-state index in [0.29, 0.717) is 28.2 Å².